The maximum Gasteiger partial charge on any atom is 0.410 e. The highest BCUT2D eigenvalue weighted by molar-refractivity contribution is 6.90. The molecule has 18 heteroatoms. The molecule has 0 spiro atoms. The van der Waals surface area contributed by atoms with Crippen molar-refractivity contribution in [2.75, 3.05) is 65.3 Å². The molecule has 4 fully saturated rings. The number of carbonyl (C=O) groups is 2. The third-order valence-electron chi connectivity index (χ3n) is 15.5. The molecule has 396 valence electrons. The normalized spacial score (nSPS) is 21.3. The van der Waals surface area contributed by atoms with Crippen LogP contribution in [0.2, 0.25) is 16.6 Å². The van der Waals surface area contributed by atoms with E-state index in [2.05, 4.69) is 57.9 Å². The highest BCUT2D eigenvalue weighted by Crippen LogP contribution is 2.46. The van der Waals surface area contributed by atoms with Crippen LogP contribution in [-0.4, -0.2) is 135 Å². The van der Waals surface area contributed by atoms with Gasteiger partial charge in [-0.15, -0.1) is 5.54 Å². The fraction of sp³-hybridized carbons (Fsp3) is 0.618. The van der Waals surface area contributed by atoms with Gasteiger partial charge >= 0.3 is 18.1 Å². The van der Waals surface area contributed by atoms with E-state index in [4.69, 9.17) is 43.4 Å². The molecule has 1 amide bonds. The number of ether oxygens (including phenoxy) is 6. The summed E-state index contributed by atoms with van der Waals surface area (Å²) in [6.45, 7) is 23.1. The van der Waals surface area contributed by atoms with Crippen molar-refractivity contribution >= 4 is 47.6 Å². The maximum atomic E-state index is 18.6. The first-order valence-corrected chi connectivity index (χ1v) is 28.0. The molecule has 2 bridgehead atoms. The summed E-state index contributed by atoms with van der Waals surface area (Å²) in [5.41, 5.74) is 1.61. The first-order valence-electron chi connectivity index (χ1n) is 25.8. The van der Waals surface area contributed by atoms with Crippen molar-refractivity contribution in [1.82, 2.24) is 24.8 Å². The number of halogens is 3. The van der Waals surface area contributed by atoms with Crippen molar-refractivity contribution in [3.05, 3.63) is 41.5 Å². The molecule has 2 aromatic carbocycles. The number of hydrogen-bond acceptors (Lipinski definition) is 13. The maximum absolute atomic E-state index is 18.6. The number of methoxy groups -OCH3 is 2. The minimum atomic E-state index is -2.43. The van der Waals surface area contributed by atoms with E-state index in [-0.39, 0.29) is 119 Å². The topological polar surface area (TPSA) is 138 Å². The first-order chi connectivity index (χ1) is 34.4. The van der Waals surface area contributed by atoms with Crippen LogP contribution in [0.25, 0.3) is 32.9 Å². The molecular weight excluding hydrogens is 958 g/mol. The highest BCUT2D eigenvalue weighted by Gasteiger charge is 2.50. The third-order valence-corrected chi connectivity index (χ3v) is 21.8. The Labute approximate surface area is 429 Å². The number of aromatic nitrogens is 3. The smallest absolute Gasteiger partial charge is 0.410 e. The summed E-state index contributed by atoms with van der Waals surface area (Å²) >= 11 is 0. The Morgan fingerprint density at radius 3 is 2.21 bits per heavy atom. The van der Waals surface area contributed by atoms with Gasteiger partial charge in [0.2, 0.25) is 5.88 Å². The number of piperazine rings is 1. The van der Waals surface area contributed by atoms with Crippen molar-refractivity contribution in [3.8, 4) is 40.4 Å². The number of amides is 1. The van der Waals surface area contributed by atoms with Gasteiger partial charge in [-0.2, -0.15) is 9.97 Å². The van der Waals surface area contributed by atoms with Crippen LogP contribution < -0.4 is 19.1 Å². The molecule has 6 heterocycles. The van der Waals surface area contributed by atoms with Gasteiger partial charge in [-0.05, 0) is 107 Å². The Kier molecular flexibility index (Phi) is 15.3. The first kappa shape index (κ1) is 53.9. The van der Waals surface area contributed by atoms with Crippen LogP contribution >= 0.6 is 0 Å². The Balaban J connectivity index is 1.39. The summed E-state index contributed by atoms with van der Waals surface area (Å²) in [5, 5.41) is 0.893. The number of alkyl halides is 1. The van der Waals surface area contributed by atoms with Gasteiger partial charge in [-0.3, -0.25) is 14.6 Å². The second kappa shape index (κ2) is 20.7. The molecule has 4 atom stereocenters. The predicted octanol–water partition coefficient (Wildman–Crippen LogP) is 10.8. The summed E-state index contributed by atoms with van der Waals surface area (Å²) in [7, 11) is 0.335. The average molecular weight is 1030 g/mol. The Bertz CT molecular complexity index is 2780. The molecule has 8 rings (SSSR count). The van der Waals surface area contributed by atoms with Gasteiger partial charge in [0.15, 0.2) is 12.6 Å². The van der Waals surface area contributed by atoms with Gasteiger partial charge in [0.1, 0.15) is 67.0 Å². The molecule has 0 radical (unpaired) electrons. The molecule has 73 heavy (non-hydrogen) atoms. The fourth-order valence-corrected chi connectivity index (χ4v) is 17.3. The number of hydrogen-bond donors (Lipinski definition) is 0. The molecule has 0 aliphatic carbocycles. The van der Waals surface area contributed by atoms with Gasteiger partial charge < -0.3 is 33.3 Å². The Morgan fingerprint density at radius 2 is 1.58 bits per heavy atom. The quantitative estimate of drug-likeness (QED) is 0.0484. The zero-order valence-electron chi connectivity index (χ0n) is 44.8. The third kappa shape index (κ3) is 10.4. The second-order valence-electron chi connectivity index (χ2n) is 23.0. The largest absolute Gasteiger partial charge is 0.476 e. The van der Waals surface area contributed by atoms with Crippen LogP contribution in [0.1, 0.15) is 114 Å². The molecule has 0 N–H and O–H groups in total. The van der Waals surface area contributed by atoms with Crippen molar-refractivity contribution in [2.24, 2.45) is 5.41 Å². The van der Waals surface area contributed by atoms with E-state index in [0.717, 1.165) is 13.0 Å². The second-order valence-corrected chi connectivity index (χ2v) is 28.6. The van der Waals surface area contributed by atoms with Gasteiger partial charge in [0.25, 0.3) is 0 Å². The minimum Gasteiger partial charge on any atom is -0.476 e. The zero-order valence-corrected chi connectivity index (χ0v) is 45.8. The van der Waals surface area contributed by atoms with E-state index in [1.807, 2.05) is 25.7 Å². The van der Waals surface area contributed by atoms with E-state index in [9.17, 15) is 9.59 Å². The molecule has 4 saturated heterocycles. The lowest BCUT2D eigenvalue weighted by Gasteiger charge is -2.42. The number of esters is 1. The molecule has 4 aliphatic heterocycles. The van der Waals surface area contributed by atoms with Gasteiger partial charge in [0.05, 0.1) is 35.7 Å². The number of rotatable bonds is 15. The molecule has 2 aromatic heterocycles. The van der Waals surface area contributed by atoms with Crippen LogP contribution in [0.15, 0.2) is 24.3 Å². The lowest BCUT2D eigenvalue weighted by Crippen LogP contribution is -2.57. The van der Waals surface area contributed by atoms with Gasteiger partial charge in [-0.1, -0.05) is 53.5 Å². The summed E-state index contributed by atoms with van der Waals surface area (Å²) in [5.74, 6) is 1.69. The number of anilines is 1. The lowest BCUT2D eigenvalue weighted by atomic mass is 9.95. The van der Waals surface area contributed by atoms with Crippen LogP contribution in [-0.2, 0) is 19.0 Å². The standard InChI is InChI=1S/C55H73F3N6O8Si/c1-32(2)73(33(3)4,34(5)6)22-19-40-42(57)18-15-35-23-39(71-31-67-12)24-41(43(35)40)46-45(58)47-44(49(59-46)69-29-54(10,11)50(65)68-13)48(61-51(60-47)70-30-55-20-14-21-63(55)26-36(56)25-55)62-27-37-16-17-38(28-62)64(37)52(66)72-53(7,8)9/h15,18,23-24,32-34,36-38H,14,16-17,20-21,25-31H2,1-13H3/t36-,37?,38?,55+/m1/s1. The van der Waals surface area contributed by atoms with E-state index >= 15 is 13.2 Å². The molecular formula is C55H73F3N6O8Si. The number of fused-ring (bicyclic) bond motifs is 5. The zero-order chi connectivity index (χ0) is 52.9. The molecule has 14 nitrogen and oxygen atoms in total. The number of carbonyl (C=O) groups excluding carboxylic acids is 2. The summed E-state index contributed by atoms with van der Waals surface area (Å²) < 4.78 is 85.8. The summed E-state index contributed by atoms with van der Waals surface area (Å²) in [6.07, 6.45) is 1.81. The monoisotopic (exact) mass is 1030 g/mol. The van der Waals surface area contributed by atoms with E-state index in [0.29, 0.717) is 36.6 Å². The van der Waals surface area contributed by atoms with Crippen LogP contribution in [0.3, 0.4) is 0 Å². The van der Waals surface area contributed by atoms with Crippen molar-refractivity contribution < 1.29 is 51.2 Å². The molecule has 2 unspecified atom stereocenters. The average Bonchev–Trinajstić information content (AvgIpc) is 3.95. The van der Waals surface area contributed by atoms with Crippen LogP contribution in [0.4, 0.5) is 23.8 Å². The van der Waals surface area contributed by atoms with E-state index < -0.39 is 54.5 Å². The number of nitrogens with zero attached hydrogens (tertiary/aromatic N) is 6. The van der Waals surface area contributed by atoms with E-state index in [1.54, 1.807) is 36.9 Å². The molecule has 4 aliphatic rings. The molecule has 0 saturated carbocycles. The molecule has 4 aromatic rings. The minimum absolute atomic E-state index is 0.0606. The van der Waals surface area contributed by atoms with Crippen LogP contribution in [0, 0.1) is 28.5 Å². The van der Waals surface area contributed by atoms with Gasteiger partial charge in [-0.25, -0.2) is 22.9 Å². The fourth-order valence-electron chi connectivity index (χ4n) is 12.1. The van der Waals surface area contributed by atoms with Crippen molar-refractivity contribution in [2.45, 2.75) is 154 Å². The highest BCUT2D eigenvalue weighted by atomic mass is 28.3. The number of pyridine rings is 1. The van der Waals surface area contributed by atoms with Crippen LogP contribution in [0.5, 0.6) is 17.6 Å². The van der Waals surface area contributed by atoms with Crippen molar-refractivity contribution in [3.63, 3.8) is 0 Å². The van der Waals surface area contributed by atoms with Crippen molar-refractivity contribution in [1.29, 1.82) is 0 Å². The number of benzene rings is 2. The predicted molar refractivity (Wildman–Crippen MR) is 278 cm³/mol. The summed E-state index contributed by atoms with van der Waals surface area (Å²) in [6, 6.07) is 5.54. The lowest BCUT2D eigenvalue weighted by molar-refractivity contribution is -0.152. The summed E-state index contributed by atoms with van der Waals surface area (Å²) in [4.78, 5) is 47.6. The van der Waals surface area contributed by atoms with E-state index in [1.165, 1.54) is 20.3 Å². The van der Waals surface area contributed by atoms with Gasteiger partial charge in [0, 0.05) is 44.1 Å². The Hall–Kier alpha value is -5.38. The Morgan fingerprint density at radius 1 is 0.890 bits per heavy atom. The SMILES string of the molecule is COCOc1cc(-c2nc(OCC(C)(C)C(=O)OC)c3c(N4CC5CCC(C4)N5C(=O)OC(C)(C)C)nc(OC[C@@]45CCCN4C[C@H](F)C5)nc3c2F)c2c(C#C[Si](C(C)C)(C(C)C)C(C)C)c(F)ccc2c1.